The zero-order valence-corrected chi connectivity index (χ0v) is 29.7. The van der Waals surface area contributed by atoms with Gasteiger partial charge in [-0.1, -0.05) is 18.2 Å². The van der Waals surface area contributed by atoms with Gasteiger partial charge in [0, 0.05) is 50.9 Å². The quantitative estimate of drug-likeness (QED) is 0.246. The number of nitrogens with one attached hydrogen (secondary N) is 2. The van der Waals surface area contributed by atoms with Crippen LogP contribution in [0.25, 0.3) is 0 Å². The molecule has 290 valence electrons. The maximum Gasteiger partial charge on any atom is 0.418 e. The molecule has 0 aliphatic carbocycles. The molecule has 10 nitrogen and oxygen atoms in total. The highest BCUT2D eigenvalue weighted by molar-refractivity contribution is 5.91. The van der Waals surface area contributed by atoms with Gasteiger partial charge in [0.2, 0.25) is 5.91 Å². The summed E-state index contributed by atoms with van der Waals surface area (Å²) in [7, 11) is 2.08. The lowest BCUT2D eigenvalue weighted by Gasteiger charge is -2.41. The molecule has 4 N–H and O–H groups in total. The molecule has 1 atom stereocenters. The zero-order chi connectivity index (χ0) is 38.1. The second kappa shape index (κ2) is 15.6. The molecule has 0 unspecified atom stereocenters. The predicted molar refractivity (Wildman–Crippen MR) is 187 cm³/mol. The van der Waals surface area contributed by atoms with E-state index in [0.29, 0.717) is 62.9 Å². The summed E-state index contributed by atoms with van der Waals surface area (Å²) in [4.78, 5) is 47.9. The first kappa shape index (κ1) is 38.5. The second-order valence-electron chi connectivity index (χ2n) is 14.9. The average Bonchev–Trinajstić information content (AvgIpc) is 3.29. The molecule has 5 amide bonds. The van der Waals surface area contributed by atoms with Gasteiger partial charge < -0.3 is 36.0 Å². The lowest BCUT2D eigenvalue weighted by molar-refractivity contribution is -0.141. The molecular formula is C37H47F6N7O3. The fourth-order valence-corrected chi connectivity index (χ4v) is 8.41. The van der Waals surface area contributed by atoms with Crippen molar-refractivity contribution in [2.75, 3.05) is 63.9 Å². The van der Waals surface area contributed by atoms with E-state index in [0.717, 1.165) is 50.0 Å². The van der Waals surface area contributed by atoms with Gasteiger partial charge >= 0.3 is 24.4 Å². The number of carbonyl (C=O) groups excluding carboxylic acids is 3. The molecule has 0 aromatic heterocycles. The van der Waals surface area contributed by atoms with Gasteiger partial charge in [0.05, 0.1) is 16.8 Å². The smallest absolute Gasteiger partial charge is 0.398 e. The van der Waals surface area contributed by atoms with Crippen molar-refractivity contribution >= 4 is 29.3 Å². The third-order valence-corrected chi connectivity index (χ3v) is 11.5. The number of nitrogens with zero attached hydrogens (tertiary/aromatic N) is 4. The van der Waals surface area contributed by atoms with E-state index in [1.54, 1.807) is 9.80 Å². The SMILES string of the molecule is CN1CCC(C2CCN(C(=O)[C@@H](Cc3cc(C(F)(F)F)c(N)c(C(F)(F)F)c3)NC(=O)N3CCC(N4CCc5ccccc5NC4=O)CC3)CC2)CC1. The Morgan fingerprint density at radius 2 is 1.38 bits per heavy atom. The highest BCUT2D eigenvalue weighted by Gasteiger charge is 2.42. The van der Waals surface area contributed by atoms with Crippen molar-refractivity contribution in [2.45, 2.75) is 75.8 Å². The molecule has 4 aliphatic rings. The Morgan fingerprint density at radius 3 is 1.96 bits per heavy atom. The van der Waals surface area contributed by atoms with E-state index in [4.69, 9.17) is 5.73 Å². The van der Waals surface area contributed by atoms with Gasteiger partial charge in [-0.3, -0.25) is 4.79 Å². The largest absolute Gasteiger partial charge is 0.418 e. The molecule has 0 spiro atoms. The van der Waals surface area contributed by atoms with Crippen molar-refractivity contribution in [3.8, 4) is 0 Å². The molecule has 2 aromatic rings. The van der Waals surface area contributed by atoms with Gasteiger partial charge in [0.1, 0.15) is 6.04 Å². The summed E-state index contributed by atoms with van der Waals surface area (Å²) in [6.45, 7) is 3.69. The first-order chi connectivity index (χ1) is 25.1. The van der Waals surface area contributed by atoms with Crippen LogP contribution in [0.1, 0.15) is 60.8 Å². The molecule has 6 rings (SSSR count). The molecule has 4 heterocycles. The van der Waals surface area contributed by atoms with Gasteiger partial charge in [0.25, 0.3) is 0 Å². The number of nitrogens with two attached hydrogens (primary N) is 1. The van der Waals surface area contributed by atoms with Crippen molar-refractivity contribution in [2.24, 2.45) is 11.8 Å². The zero-order valence-electron chi connectivity index (χ0n) is 29.7. The van der Waals surface area contributed by atoms with E-state index in [9.17, 15) is 40.7 Å². The number of nitrogen functional groups attached to an aromatic ring is 1. The average molecular weight is 752 g/mol. The highest BCUT2D eigenvalue weighted by atomic mass is 19.4. The first-order valence-corrected chi connectivity index (χ1v) is 18.3. The van der Waals surface area contributed by atoms with E-state index in [1.165, 1.54) is 4.90 Å². The van der Waals surface area contributed by atoms with Crippen molar-refractivity contribution in [1.82, 2.24) is 24.9 Å². The fraction of sp³-hybridized carbons (Fsp3) is 0.595. The van der Waals surface area contributed by atoms with Crippen LogP contribution in [0.15, 0.2) is 36.4 Å². The van der Waals surface area contributed by atoms with E-state index in [2.05, 4.69) is 22.6 Å². The van der Waals surface area contributed by atoms with Gasteiger partial charge in [-0.05, 0) is 106 Å². The maximum absolute atomic E-state index is 14.1. The van der Waals surface area contributed by atoms with Crippen LogP contribution in [0.4, 0.5) is 47.3 Å². The van der Waals surface area contributed by atoms with E-state index in [-0.39, 0.29) is 25.2 Å². The normalized spacial score (nSPS) is 20.8. The van der Waals surface area contributed by atoms with Gasteiger partial charge in [-0.15, -0.1) is 0 Å². The molecule has 0 saturated carbocycles. The number of halogens is 6. The number of para-hydroxylation sites is 1. The molecule has 0 radical (unpaired) electrons. The Balaban J connectivity index is 1.16. The Bertz CT molecular complexity index is 1610. The Hall–Kier alpha value is -4.21. The lowest BCUT2D eigenvalue weighted by atomic mass is 9.79. The van der Waals surface area contributed by atoms with Gasteiger partial charge in [0.15, 0.2) is 0 Å². The van der Waals surface area contributed by atoms with Crippen molar-refractivity contribution in [1.29, 1.82) is 0 Å². The number of likely N-dealkylation sites (tertiary alicyclic amines) is 3. The third-order valence-electron chi connectivity index (χ3n) is 11.5. The van der Waals surface area contributed by atoms with Crippen molar-refractivity contribution < 1.29 is 40.7 Å². The topological polar surface area (TPSA) is 114 Å². The Labute approximate surface area is 305 Å². The van der Waals surface area contributed by atoms with E-state index < -0.39 is 59.1 Å². The molecule has 4 aliphatic heterocycles. The molecule has 3 saturated heterocycles. The number of amides is 5. The van der Waals surface area contributed by atoms with Crippen molar-refractivity contribution in [3.63, 3.8) is 0 Å². The van der Waals surface area contributed by atoms with E-state index >= 15 is 0 Å². The summed E-state index contributed by atoms with van der Waals surface area (Å²) in [6, 6.07) is 6.14. The van der Waals surface area contributed by atoms with E-state index in [1.807, 2.05) is 24.3 Å². The number of carbonyl (C=O) groups is 3. The minimum atomic E-state index is -5.18. The number of benzene rings is 2. The third kappa shape index (κ3) is 8.95. The van der Waals surface area contributed by atoms with Crippen LogP contribution in [0.5, 0.6) is 0 Å². The predicted octanol–water partition coefficient (Wildman–Crippen LogP) is 6.06. The second-order valence-corrected chi connectivity index (χ2v) is 14.9. The fourth-order valence-electron chi connectivity index (χ4n) is 8.41. The lowest BCUT2D eigenvalue weighted by Crippen LogP contribution is -2.57. The highest BCUT2D eigenvalue weighted by Crippen LogP contribution is 2.42. The number of hydrogen-bond donors (Lipinski definition) is 3. The summed E-state index contributed by atoms with van der Waals surface area (Å²) in [5.41, 5.74) is 1.98. The van der Waals surface area contributed by atoms with Crippen LogP contribution in [0.3, 0.4) is 0 Å². The first-order valence-electron chi connectivity index (χ1n) is 18.3. The van der Waals surface area contributed by atoms with Crippen molar-refractivity contribution in [3.05, 3.63) is 58.7 Å². The van der Waals surface area contributed by atoms with Crippen LogP contribution in [-0.2, 0) is 30.0 Å². The molecule has 3 fully saturated rings. The number of rotatable bonds is 6. The molecule has 0 bridgehead atoms. The summed E-state index contributed by atoms with van der Waals surface area (Å²) in [6.07, 6.45) is -5.86. The Morgan fingerprint density at radius 1 is 0.830 bits per heavy atom. The minimum absolute atomic E-state index is 0.159. The van der Waals surface area contributed by atoms with Gasteiger partial charge in [-0.25, -0.2) is 9.59 Å². The Kier molecular flexibility index (Phi) is 11.4. The summed E-state index contributed by atoms with van der Waals surface area (Å²) in [5.74, 6) is 0.368. The summed E-state index contributed by atoms with van der Waals surface area (Å²) >= 11 is 0. The van der Waals surface area contributed by atoms with Crippen LogP contribution >= 0.6 is 0 Å². The number of fused-ring (bicyclic) bond motifs is 1. The molecule has 53 heavy (non-hydrogen) atoms. The number of alkyl halides is 6. The van der Waals surface area contributed by atoms with Crippen LogP contribution in [0.2, 0.25) is 0 Å². The van der Waals surface area contributed by atoms with Crippen LogP contribution in [-0.4, -0.2) is 103 Å². The minimum Gasteiger partial charge on any atom is -0.398 e. The molecule has 16 heteroatoms. The number of urea groups is 2. The van der Waals surface area contributed by atoms with Gasteiger partial charge in [-0.2, -0.15) is 26.3 Å². The number of piperidine rings is 3. The molecular weight excluding hydrogens is 704 g/mol. The monoisotopic (exact) mass is 751 g/mol. The van der Waals surface area contributed by atoms with Crippen LogP contribution in [0, 0.1) is 11.8 Å². The maximum atomic E-state index is 14.1. The molecule has 2 aromatic carbocycles. The number of anilines is 2. The summed E-state index contributed by atoms with van der Waals surface area (Å²) in [5, 5.41) is 5.62. The summed E-state index contributed by atoms with van der Waals surface area (Å²) < 4.78 is 83.4. The van der Waals surface area contributed by atoms with Crippen LogP contribution < -0.4 is 16.4 Å². The standard InChI is InChI=1S/C37H47F6N7O3/c1-47-13-6-24(7-14-47)25-8-15-48(16-9-25)33(51)31(22-23-20-28(36(38,39)40)32(44)29(21-23)37(41,42)43)46-34(52)49-17-11-27(12-18-49)50-19-10-26-4-2-3-5-30(26)45-35(50)53/h2-5,20-21,24-25,27,31H,6-19,22,44H2,1H3,(H,45,53)(H,46,52)/t31-/m1/s1. The number of hydrogen-bond acceptors (Lipinski definition) is 5.